The Morgan fingerprint density at radius 3 is 2.62 bits per heavy atom. The van der Waals surface area contributed by atoms with Crippen molar-refractivity contribution in [3.8, 4) is 0 Å². The Kier molecular flexibility index (Phi) is 5.95. The van der Waals surface area contributed by atoms with Gasteiger partial charge in [0.05, 0.1) is 4.90 Å². The van der Waals surface area contributed by atoms with Gasteiger partial charge >= 0.3 is 0 Å². The largest absolute Gasteiger partial charge is 0.450 e. The maximum atomic E-state index is 12.7. The van der Waals surface area contributed by atoms with Crippen molar-refractivity contribution in [2.24, 2.45) is 0 Å². The minimum absolute atomic E-state index is 0.191. The Hall–Kier alpha value is -1.90. The maximum Gasteiger partial charge on any atom is 0.248 e. The first-order valence-corrected chi connectivity index (χ1v) is 10.5. The van der Waals surface area contributed by atoms with E-state index < -0.39 is 10.0 Å². The minimum Gasteiger partial charge on any atom is -0.450 e. The SMILES string of the molecule is O=C(/C=C/c1ccc(Br)o1)Nc1cccc(S(=O)(=O)N2CCCCC2)c1. The van der Waals surface area contributed by atoms with E-state index in [4.69, 9.17) is 4.42 Å². The molecule has 1 N–H and O–H groups in total. The Labute approximate surface area is 161 Å². The minimum atomic E-state index is -3.53. The van der Waals surface area contributed by atoms with E-state index in [9.17, 15) is 13.2 Å². The number of amides is 1. The van der Waals surface area contributed by atoms with Crippen LogP contribution in [0.2, 0.25) is 0 Å². The number of nitrogens with one attached hydrogen (secondary N) is 1. The zero-order valence-electron chi connectivity index (χ0n) is 14.0. The molecule has 0 bridgehead atoms. The first-order chi connectivity index (χ1) is 12.4. The number of anilines is 1. The summed E-state index contributed by atoms with van der Waals surface area (Å²) in [7, 11) is -3.53. The number of halogens is 1. The van der Waals surface area contributed by atoms with Crippen molar-refractivity contribution in [3.05, 3.63) is 52.9 Å². The van der Waals surface area contributed by atoms with E-state index in [0.29, 0.717) is 29.2 Å². The van der Waals surface area contributed by atoms with Crippen LogP contribution in [0.25, 0.3) is 6.08 Å². The Morgan fingerprint density at radius 2 is 1.92 bits per heavy atom. The van der Waals surface area contributed by atoms with Crippen molar-refractivity contribution in [3.63, 3.8) is 0 Å². The van der Waals surface area contributed by atoms with Crippen LogP contribution in [0, 0.1) is 0 Å². The van der Waals surface area contributed by atoms with Gasteiger partial charge in [0, 0.05) is 24.9 Å². The van der Waals surface area contributed by atoms with Crippen LogP contribution in [0.4, 0.5) is 5.69 Å². The van der Waals surface area contributed by atoms with Gasteiger partial charge in [0.25, 0.3) is 0 Å². The third-order valence-electron chi connectivity index (χ3n) is 4.05. The van der Waals surface area contributed by atoms with Gasteiger partial charge in [0.15, 0.2) is 4.67 Å². The van der Waals surface area contributed by atoms with E-state index in [2.05, 4.69) is 21.2 Å². The standard InChI is InChI=1S/C18H19BrN2O4S/c19-17-9-7-15(25-17)8-10-18(22)20-14-5-4-6-16(13-14)26(23,24)21-11-2-1-3-12-21/h4-10,13H,1-3,11-12H2,(H,20,22)/b10-8+. The number of furan rings is 1. The number of hydrogen-bond acceptors (Lipinski definition) is 4. The normalized spacial score (nSPS) is 16.0. The zero-order chi connectivity index (χ0) is 18.6. The van der Waals surface area contributed by atoms with E-state index in [0.717, 1.165) is 19.3 Å². The number of nitrogens with zero attached hydrogens (tertiary/aromatic N) is 1. The highest BCUT2D eigenvalue weighted by molar-refractivity contribution is 9.10. The number of benzene rings is 1. The number of carbonyl (C=O) groups excluding carboxylic acids is 1. The van der Waals surface area contributed by atoms with Gasteiger partial charge in [-0.25, -0.2) is 8.42 Å². The summed E-state index contributed by atoms with van der Waals surface area (Å²) in [6, 6.07) is 9.77. The molecule has 3 rings (SSSR count). The van der Waals surface area contributed by atoms with Crippen LogP contribution in [-0.2, 0) is 14.8 Å². The molecule has 2 aromatic rings. The Morgan fingerprint density at radius 1 is 1.15 bits per heavy atom. The van der Waals surface area contributed by atoms with Gasteiger partial charge in [-0.2, -0.15) is 4.31 Å². The summed E-state index contributed by atoms with van der Waals surface area (Å²) in [6.45, 7) is 1.08. The van der Waals surface area contributed by atoms with E-state index in [1.165, 1.54) is 22.5 Å². The molecule has 1 aromatic carbocycles. The summed E-state index contributed by atoms with van der Waals surface area (Å²) < 4.78 is 32.8. The van der Waals surface area contributed by atoms with Gasteiger partial charge < -0.3 is 9.73 Å². The van der Waals surface area contributed by atoms with E-state index in [1.807, 2.05) is 0 Å². The van der Waals surface area contributed by atoms with Crippen LogP contribution in [0.1, 0.15) is 25.0 Å². The van der Waals surface area contributed by atoms with Crippen molar-refractivity contribution < 1.29 is 17.6 Å². The molecule has 0 radical (unpaired) electrons. The quantitative estimate of drug-likeness (QED) is 0.718. The average molecular weight is 439 g/mol. The molecular weight excluding hydrogens is 420 g/mol. The Bertz CT molecular complexity index is 915. The molecule has 2 heterocycles. The van der Waals surface area contributed by atoms with Gasteiger partial charge in [-0.3, -0.25) is 4.79 Å². The molecule has 8 heteroatoms. The molecule has 0 saturated carbocycles. The van der Waals surface area contributed by atoms with Crippen molar-refractivity contribution in [2.75, 3.05) is 18.4 Å². The summed E-state index contributed by atoms with van der Waals surface area (Å²) in [5, 5.41) is 2.67. The highest BCUT2D eigenvalue weighted by Gasteiger charge is 2.26. The summed E-state index contributed by atoms with van der Waals surface area (Å²) in [6.07, 6.45) is 5.68. The molecule has 1 saturated heterocycles. The molecule has 1 amide bonds. The van der Waals surface area contributed by atoms with E-state index >= 15 is 0 Å². The number of sulfonamides is 1. The molecule has 0 aliphatic carbocycles. The lowest BCUT2D eigenvalue weighted by molar-refractivity contribution is -0.111. The molecule has 1 fully saturated rings. The molecule has 0 spiro atoms. The molecule has 1 aromatic heterocycles. The van der Waals surface area contributed by atoms with Crippen LogP contribution in [0.3, 0.4) is 0 Å². The van der Waals surface area contributed by atoms with Crippen LogP contribution < -0.4 is 5.32 Å². The van der Waals surface area contributed by atoms with Gasteiger partial charge in [0.1, 0.15) is 5.76 Å². The van der Waals surface area contributed by atoms with Gasteiger partial charge in [0.2, 0.25) is 15.9 Å². The second-order valence-corrected chi connectivity index (χ2v) is 8.68. The van der Waals surface area contributed by atoms with Crippen molar-refractivity contribution in [2.45, 2.75) is 24.2 Å². The third kappa shape index (κ3) is 4.63. The predicted octanol–water partition coefficient (Wildman–Crippen LogP) is 3.87. The summed E-state index contributed by atoms with van der Waals surface area (Å²) in [5.41, 5.74) is 0.429. The first-order valence-electron chi connectivity index (χ1n) is 8.30. The summed E-state index contributed by atoms with van der Waals surface area (Å²) >= 11 is 3.19. The smallest absolute Gasteiger partial charge is 0.248 e. The average Bonchev–Trinajstić information content (AvgIpc) is 3.06. The van der Waals surface area contributed by atoms with Crippen LogP contribution in [0.15, 0.2) is 56.5 Å². The highest BCUT2D eigenvalue weighted by Crippen LogP contribution is 2.23. The number of carbonyl (C=O) groups is 1. The van der Waals surface area contributed by atoms with Gasteiger partial charge in [-0.15, -0.1) is 0 Å². The molecular formula is C18H19BrN2O4S. The van der Waals surface area contributed by atoms with Crippen molar-refractivity contribution >= 4 is 43.6 Å². The lowest BCUT2D eigenvalue weighted by atomic mass is 10.2. The number of piperidine rings is 1. The van der Waals surface area contributed by atoms with E-state index in [-0.39, 0.29) is 10.8 Å². The predicted molar refractivity (Wildman–Crippen MR) is 103 cm³/mol. The van der Waals surface area contributed by atoms with Crippen LogP contribution in [0.5, 0.6) is 0 Å². The second-order valence-electron chi connectivity index (χ2n) is 5.96. The van der Waals surface area contributed by atoms with Gasteiger partial charge in [-0.05, 0) is 65.2 Å². The molecule has 26 heavy (non-hydrogen) atoms. The molecule has 1 aliphatic heterocycles. The fraction of sp³-hybridized carbons (Fsp3) is 0.278. The van der Waals surface area contributed by atoms with Gasteiger partial charge in [-0.1, -0.05) is 12.5 Å². The highest BCUT2D eigenvalue weighted by atomic mass is 79.9. The fourth-order valence-electron chi connectivity index (χ4n) is 2.75. The molecule has 0 atom stereocenters. The lowest BCUT2D eigenvalue weighted by Crippen LogP contribution is -2.35. The Balaban J connectivity index is 1.70. The van der Waals surface area contributed by atoms with Crippen molar-refractivity contribution in [1.29, 1.82) is 0 Å². The fourth-order valence-corrected chi connectivity index (χ4v) is 4.63. The number of hydrogen-bond donors (Lipinski definition) is 1. The monoisotopic (exact) mass is 438 g/mol. The summed E-state index contributed by atoms with van der Waals surface area (Å²) in [5.74, 6) is 0.165. The molecule has 1 aliphatic rings. The van der Waals surface area contributed by atoms with Crippen molar-refractivity contribution in [1.82, 2.24) is 4.31 Å². The second kappa shape index (κ2) is 8.20. The van der Waals surface area contributed by atoms with E-state index in [1.54, 1.807) is 30.3 Å². The molecule has 0 unspecified atom stereocenters. The summed E-state index contributed by atoms with van der Waals surface area (Å²) in [4.78, 5) is 12.2. The lowest BCUT2D eigenvalue weighted by Gasteiger charge is -2.26. The zero-order valence-corrected chi connectivity index (χ0v) is 16.4. The third-order valence-corrected chi connectivity index (χ3v) is 6.37. The van der Waals surface area contributed by atoms with Crippen LogP contribution in [-0.4, -0.2) is 31.7 Å². The maximum absolute atomic E-state index is 12.7. The first kappa shape index (κ1) is 18.9. The van der Waals surface area contributed by atoms with Crippen LogP contribution >= 0.6 is 15.9 Å². The molecule has 138 valence electrons. The number of rotatable bonds is 5. The molecule has 6 nitrogen and oxygen atoms in total. The topological polar surface area (TPSA) is 79.6 Å².